The molecule has 1 aliphatic rings. The highest BCUT2D eigenvalue weighted by atomic mass is 19.1. The van der Waals surface area contributed by atoms with Crippen LogP contribution in [0.15, 0.2) is 23.1 Å². The van der Waals surface area contributed by atoms with Gasteiger partial charge in [0.1, 0.15) is 12.2 Å². The van der Waals surface area contributed by atoms with Crippen LogP contribution in [0, 0.1) is 5.92 Å². The predicted octanol–water partition coefficient (Wildman–Crippen LogP) is 1.67. The fourth-order valence-electron chi connectivity index (χ4n) is 2.56. The lowest BCUT2D eigenvalue weighted by molar-refractivity contribution is -0.141. The fraction of sp³-hybridized carbons (Fsp3) is 0.600. The lowest BCUT2D eigenvalue weighted by Crippen LogP contribution is -2.47. The lowest BCUT2D eigenvalue weighted by atomic mass is 10.0. The molecule has 0 radical (unpaired) electrons. The summed E-state index contributed by atoms with van der Waals surface area (Å²) >= 11 is 0. The standard InChI is InChI=1S/C15H21FN2O3/c1-10(2)5-13(15(20)21)18-7-11(3-4-14(18)19)6-17-8-12(16)9-17/h3-4,7,10,12-13H,5-6,8-9H2,1-2H3,(H,20,21). The first-order valence-corrected chi connectivity index (χ1v) is 7.17. The second-order valence-corrected chi connectivity index (χ2v) is 6.06. The number of carboxylic acids is 1. The molecule has 0 aliphatic carbocycles. The number of carboxylic acid groups (broad SMARTS) is 1. The van der Waals surface area contributed by atoms with E-state index in [4.69, 9.17) is 0 Å². The minimum Gasteiger partial charge on any atom is -0.480 e. The van der Waals surface area contributed by atoms with Crippen molar-refractivity contribution in [2.24, 2.45) is 5.92 Å². The summed E-state index contributed by atoms with van der Waals surface area (Å²) in [5.74, 6) is -0.833. The molecule has 0 aromatic carbocycles. The van der Waals surface area contributed by atoms with Crippen molar-refractivity contribution in [3.63, 3.8) is 0 Å². The maximum atomic E-state index is 12.8. The molecule has 0 amide bonds. The molecule has 1 N–H and O–H groups in total. The van der Waals surface area contributed by atoms with E-state index in [1.54, 1.807) is 12.3 Å². The lowest BCUT2D eigenvalue weighted by Gasteiger charge is -2.34. The van der Waals surface area contributed by atoms with E-state index in [0.717, 1.165) is 5.56 Å². The van der Waals surface area contributed by atoms with Crippen molar-refractivity contribution in [3.05, 3.63) is 34.2 Å². The second kappa shape index (κ2) is 6.39. The molecule has 2 heterocycles. The van der Waals surface area contributed by atoms with Crippen molar-refractivity contribution >= 4 is 5.97 Å². The summed E-state index contributed by atoms with van der Waals surface area (Å²) in [7, 11) is 0. The highest BCUT2D eigenvalue weighted by Gasteiger charge is 2.27. The van der Waals surface area contributed by atoms with Crippen LogP contribution in [0.4, 0.5) is 4.39 Å². The highest BCUT2D eigenvalue weighted by Crippen LogP contribution is 2.19. The third kappa shape index (κ3) is 3.91. The Labute approximate surface area is 123 Å². The Hall–Kier alpha value is -1.69. The Kier molecular flexibility index (Phi) is 4.77. The Bertz CT molecular complexity index is 564. The summed E-state index contributed by atoms with van der Waals surface area (Å²) in [5.41, 5.74) is 0.510. The molecule has 1 unspecified atom stereocenters. The van der Waals surface area contributed by atoms with Gasteiger partial charge in [0.05, 0.1) is 0 Å². The number of aliphatic carboxylic acids is 1. The average molecular weight is 296 g/mol. The van der Waals surface area contributed by atoms with Crippen LogP contribution in [0.5, 0.6) is 0 Å². The minimum absolute atomic E-state index is 0.171. The zero-order valence-electron chi connectivity index (χ0n) is 12.3. The van der Waals surface area contributed by atoms with Gasteiger partial charge in [-0.3, -0.25) is 9.69 Å². The van der Waals surface area contributed by atoms with Crippen molar-refractivity contribution in [2.45, 2.75) is 39.0 Å². The number of likely N-dealkylation sites (tertiary alicyclic amines) is 1. The van der Waals surface area contributed by atoms with Crippen LogP contribution < -0.4 is 5.56 Å². The van der Waals surface area contributed by atoms with Gasteiger partial charge in [-0.2, -0.15) is 0 Å². The maximum Gasteiger partial charge on any atom is 0.326 e. The van der Waals surface area contributed by atoms with Crippen LogP contribution in [0.3, 0.4) is 0 Å². The van der Waals surface area contributed by atoms with Gasteiger partial charge in [0.25, 0.3) is 5.56 Å². The van der Waals surface area contributed by atoms with E-state index >= 15 is 0 Å². The predicted molar refractivity (Wildman–Crippen MR) is 77.0 cm³/mol. The molecule has 6 heteroatoms. The van der Waals surface area contributed by atoms with E-state index in [1.807, 2.05) is 18.7 Å². The molecule has 1 aliphatic heterocycles. The normalized spacial score (nSPS) is 17.7. The molecule has 5 nitrogen and oxygen atoms in total. The van der Waals surface area contributed by atoms with Crippen LogP contribution in [-0.2, 0) is 11.3 Å². The molecule has 0 spiro atoms. The molecule has 21 heavy (non-hydrogen) atoms. The first kappa shape index (κ1) is 15.7. The zero-order valence-corrected chi connectivity index (χ0v) is 12.3. The third-order valence-electron chi connectivity index (χ3n) is 3.63. The van der Waals surface area contributed by atoms with Crippen LogP contribution in [0.1, 0.15) is 31.9 Å². The first-order valence-electron chi connectivity index (χ1n) is 7.17. The van der Waals surface area contributed by atoms with Crippen molar-refractivity contribution in [1.82, 2.24) is 9.47 Å². The average Bonchev–Trinajstić information content (AvgIpc) is 2.36. The first-order chi connectivity index (χ1) is 9.86. The van der Waals surface area contributed by atoms with Gasteiger partial charge in [0, 0.05) is 31.9 Å². The van der Waals surface area contributed by atoms with Crippen molar-refractivity contribution in [3.8, 4) is 0 Å². The molecule has 0 saturated carbocycles. The molecule has 116 valence electrons. The zero-order chi connectivity index (χ0) is 15.6. The molecule has 1 atom stereocenters. The summed E-state index contributed by atoms with van der Waals surface area (Å²) < 4.78 is 14.1. The Balaban J connectivity index is 2.20. The van der Waals surface area contributed by atoms with Crippen LogP contribution in [0.2, 0.25) is 0 Å². The van der Waals surface area contributed by atoms with Gasteiger partial charge >= 0.3 is 5.97 Å². The summed E-state index contributed by atoms with van der Waals surface area (Å²) in [6, 6.07) is 2.21. The quantitative estimate of drug-likeness (QED) is 0.867. The van der Waals surface area contributed by atoms with Crippen LogP contribution in [0.25, 0.3) is 0 Å². The van der Waals surface area contributed by atoms with Crippen LogP contribution in [-0.4, -0.2) is 39.8 Å². The molecule has 1 saturated heterocycles. The maximum absolute atomic E-state index is 12.8. The van der Waals surface area contributed by atoms with E-state index in [1.165, 1.54) is 10.6 Å². The number of halogens is 1. The Morgan fingerprint density at radius 3 is 2.62 bits per heavy atom. The van der Waals surface area contributed by atoms with Crippen molar-refractivity contribution < 1.29 is 14.3 Å². The van der Waals surface area contributed by atoms with E-state index in [2.05, 4.69) is 0 Å². The topological polar surface area (TPSA) is 62.5 Å². The monoisotopic (exact) mass is 296 g/mol. The summed E-state index contributed by atoms with van der Waals surface area (Å²) in [4.78, 5) is 25.3. The second-order valence-electron chi connectivity index (χ2n) is 6.06. The molecule has 1 aromatic rings. The summed E-state index contributed by atoms with van der Waals surface area (Å²) in [6.07, 6.45) is 1.22. The van der Waals surface area contributed by atoms with Crippen LogP contribution >= 0.6 is 0 Å². The molecular weight excluding hydrogens is 275 g/mol. The highest BCUT2D eigenvalue weighted by molar-refractivity contribution is 5.71. The number of pyridine rings is 1. The van der Waals surface area contributed by atoms with E-state index in [9.17, 15) is 19.1 Å². The molecule has 0 bridgehead atoms. The Morgan fingerprint density at radius 1 is 1.43 bits per heavy atom. The van der Waals surface area contributed by atoms with E-state index in [0.29, 0.717) is 26.1 Å². The van der Waals surface area contributed by atoms with Crippen molar-refractivity contribution in [2.75, 3.05) is 13.1 Å². The summed E-state index contributed by atoms with van der Waals surface area (Å²) in [5, 5.41) is 9.35. The van der Waals surface area contributed by atoms with Gasteiger partial charge < -0.3 is 9.67 Å². The fourth-order valence-corrected chi connectivity index (χ4v) is 2.56. The van der Waals surface area contributed by atoms with Gasteiger partial charge in [-0.05, 0) is 17.9 Å². The number of carbonyl (C=O) groups is 1. The van der Waals surface area contributed by atoms with Gasteiger partial charge in [-0.15, -0.1) is 0 Å². The SMILES string of the molecule is CC(C)CC(C(=O)O)n1cc(CN2CC(F)C2)ccc1=O. The number of rotatable bonds is 6. The molecule has 1 aromatic heterocycles. The largest absolute Gasteiger partial charge is 0.480 e. The number of nitrogens with zero attached hydrogens (tertiary/aromatic N) is 2. The number of hydrogen-bond donors (Lipinski definition) is 1. The number of hydrogen-bond acceptors (Lipinski definition) is 3. The Morgan fingerprint density at radius 2 is 2.10 bits per heavy atom. The molecule has 1 fully saturated rings. The van der Waals surface area contributed by atoms with E-state index in [-0.39, 0.29) is 11.5 Å². The van der Waals surface area contributed by atoms with E-state index < -0.39 is 18.2 Å². The minimum atomic E-state index is -1.00. The van der Waals surface area contributed by atoms with Gasteiger partial charge in [0.15, 0.2) is 0 Å². The number of alkyl halides is 1. The smallest absolute Gasteiger partial charge is 0.326 e. The van der Waals surface area contributed by atoms with Gasteiger partial charge in [0.2, 0.25) is 0 Å². The van der Waals surface area contributed by atoms with Gasteiger partial charge in [-0.25, -0.2) is 9.18 Å². The summed E-state index contributed by atoms with van der Waals surface area (Å²) in [6.45, 7) is 5.17. The van der Waals surface area contributed by atoms with Crippen molar-refractivity contribution in [1.29, 1.82) is 0 Å². The molecule has 2 rings (SSSR count). The third-order valence-corrected chi connectivity index (χ3v) is 3.63. The molecular formula is C15H21FN2O3. The van der Waals surface area contributed by atoms with Gasteiger partial charge in [-0.1, -0.05) is 19.9 Å². The number of aromatic nitrogens is 1.